The van der Waals surface area contributed by atoms with E-state index in [1.165, 1.54) is 15.1 Å². The van der Waals surface area contributed by atoms with Crippen LogP contribution < -0.4 is 15.5 Å². The van der Waals surface area contributed by atoms with Crippen LogP contribution in [-0.4, -0.2) is 91.4 Å². The fraction of sp³-hybridized carbons (Fsp3) is 0.360. The number of nitrogens with one attached hydrogen (secondary N) is 2. The normalized spacial score (nSPS) is 14.6. The van der Waals surface area contributed by atoms with E-state index in [1.54, 1.807) is 31.6 Å². The first-order valence-electron chi connectivity index (χ1n) is 12.4. The minimum atomic E-state index is -5.08. The number of benzene rings is 1. The second kappa shape index (κ2) is 12.1. The van der Waals surface area contributed by atoms with E-state index in [1.807, 2.05) is 6.07 Å². The first-order chi connectivity index (χ1) is 19.4. The van der Waals surface area contributed by atoms with E-state index < -0.39 is 36.6 Å². The number of halogens is 4. The van der Waals surface area contributed by atoms with E-state index in [0.29, 0.717) is 22.5 Å². The van der Waals surface area contributed by atoms with Crippen LogP contribution in [0.4, 0.5) is 28.9 Å². The van der Waals surface area contributed by atoms with Gasteiger partial charge in [-0.3, -0.25) is 9.48 Å². The third-order valence-corrected chi connectivity index (χ3v) is 6.14. The van der Waals surface area contributed by atoms with E-state index in [4.69, 9.17) is 9.90 Å². The van der Waals surface area contributed by atoms with Crippen LogP contribution in [0.1, 0.15) is 16.1 Å². The molecule has 5 N–H and O–H groups in total. The summed E-state index contributed by atoms with van der Waals surface area (Å²) in [6.07, 6.45) is -0.980. The zero-order valence-electron chi connectivity index (χ0n) is 21.7. The number of aliphatic hydroxyl groups excluding tert-OH is 2. The van der Waals surface area contributed by atoms with E-state index in [9.17, 15) is 32.6 Å². The van der Waals surface area contributed by atoms with Gasteiger partial charge in [0.05, 0.1) is 36.2 Å². The fourth-order valence-electron chi connectivity index (χ4n) is 4.32. The van der Waals surface area contributed by atoms with Crippen LogP contribution in [0.25, 0.3) is 16.6 Å². The number of nitrogens with zero attached hydrogens (tertiary/aromatic N) is 5. The molecule has 1 unspecified atom stereocenters. The number of carbonyl (C=O) groups is 2. The van der Waals surface area contributed by atoms with Crippen LogP contribution in [0.3, 0.4) is 0 Å². The number of hydrogen-bond acceptors (Lipinski definition) is 8. The summed E-state index contributed by atoms with van der Waals surface area (Å²) in [6, 6.07) is 4.84. The number of fused-ring (bicyclic) bond motifs is 2. The van der Waals surface area contributed by atoms with E-state index >= 15 is 0 Å². The van der Waals surface area contributed by atoms with Gasteiger partial charge in [-0.05, 0) is 19.1 Å². The van der Waals surface area contributed by atoms with Gasteiger partial charge in [-0.2, -0.15) is 18.3 Å². The van der Waals surface area contributed by atoms with Gasteiger partial charge in [0.1, 0.15) is 5.52 Å². The van der Waals surface area contributed by atoms with Crippen molar-refractivity contribution < 1.29 is 42.5 Å². The maximum Gasteiger partial charge on any atom is 0.490 e. The SMILES string of the molecule is Cc1cn2cc(NC(=O)c3ccc(N4CCNCC4)c4cn(CC(O)CO)nc34)cc(F)c2n1.O=C(O)C(F)(F)F. The first-order valence-corrected chi connectivity index (χ1v) is 12.4. The molecule has 0 bridgehead atoms. The number of carboxylic acid groups (broad SMARTS) is 1. The van der Waals surface area contributed by atoms with Crippen molar-refractivity contribution in [3.8, 4) is 0 Å². The average molecular weight is 582 g/mol. The lowest BCUT2D eigenvalue weighted by Crippen LogP contribution is -2.43. The average Bonchev–Trinajstić information content (AvgIpc) is 3.51. The summed E-state index contributed by atoms with van der Waals surface area (Å²) >= 11 is 0. The largest absolute Gasteiger partial charge is 0.490 e. The molecule has 1 fully saturated rings. The summed E-state index contributed by atoms with van der Waals surface area (Å²) in [7, 11) is 0. The molecule has 0 aliphatic carbocycles. The lowest BCUT2D eigenvalue weighted by atomic mass is 10.1. The Morgan fingerprint density at radius 2 is 1.85 bits per heavy atom. The molecule has 0 saturated carbocycles. The predicted molar refractivity (Wildman–Crippen MR) is 139 cm³/mol. The lowest BCUT2D eigenvalue weighted by Gasteiger charge is -2.30. The smallest absolute Gasteiger partial charge is 0.475 e. The molecule has 4 aromatic rings. The van der Waals surface area contributed by atoms with Crippen molar-refractivity contribution >= 4 is 39.8 Å². The van der Waals surface area contributed by atoms with Crippen LogP contribution in [0.5, 0.6) is 0 Å². The van der Waals surface area contributed by atoms with Gasteiger partial charge < -0.3 is 35.3 Å². The van der Waals surface area contributed by atoms with Crippen LogP contribution >= 0.6 is 0 Å². The number of amides is 1. The maximum atomic E-state index is 14.5. The van der Waals surface area contributed by atoms with E-state index in [-0.39, 0.29) is 12.2 Å². The monoisotopic (exact) mass is 581 g/mol. The standard InChI is InChI=1S/C23H26FN7O3.C2HF3O2/c1-14-9-30-10-15(8-19(24)22(30)26-14)27-23(34)17-2-3-20(29-6-4-25-5-7-29)18-12-31(28-21(17)18)11-16(33)13-32;3-2(4,5)1(6)7/h2-3,8-10,12,16,25,32-33H,4-7,11,13H2,1H3,(H,27,34);(H,6,7). The molecule has 12 nitrogen and oxygen atoms in total. The van der Waals surface area contributed by atoms with Crippen molar-refractivity contribution in [2.75, 3.05) is 43.0 Å². The molecule has 1 aliphatic rings. The number of aryl methyl sites for hydroxylation is 1. The molecule has 5 rings (SSSR count). The summed E-state index contributed by atoms with van der Waals surface area (Å²) in [6.45, 7) is 4.80. The summed E-state index contributed by atoms with van der Waals surface area (Å²) < 4.78 is 49.3. The van der Waals surface area contributed by atoms with Crippen molar-refractivity contribution in [2.45, 2.75) is 25.7 Å². The molecule has 220 valence electrons. The number of aliphatic carboxylic acids is 1. The summed E-state index contributed by atoms with van der Waals surface area (Å²) in [5, 5.41) is 37.6. The minimum Gasteiger partial charge on any atom is -0.475 e. The Morgan fingerprint density at radius 1 is 1.17 bits per heavy atom. The highest BCUT2D eigenvalue weighted by atomic mass is 19.4. The molecule has 16 heteroatoms. The fourth-order valence-corrected chi connectivity index (χ4v) is 4.32. The number of hydrogen-bond donors (Lipinski definition) is 5. The molecule has 0 radical (unpaired) electrons. The third-order valence-electron chi connectivity index (χ3n) is 6.14. The predicted octanol–water partition coefficient (Wildman–Crippen LogP) is 1.78. The number of imidazole rings is 1. The Labute approximate surface area is 229 Å². The quantitative estimate of drug-likeness (QED) is 0.214. The zero-order chi connectivity index (χ0) is 29.9. The summed E-state index contributed by atoms with van der Waals surface area (Å²) in [5.74, 6) is -3.72. The van der Waals surface area contributed by atoms with Gasteiger partial charge in [-0.25, -0.2) is 14.2 Å². The number of pyridine rings is 1. The zero-order valence-corrected chi connectivity index (χ0v) is 21.7. The molecular formula is C25H27F4N7O5. The van der Waals surface area contributed by atoms with Gasteiger partial charge in [0.15, 0.2) is 11.5 Å². The number of rotatable bonds is 6. The Balaban J connectivity index is 0.000000493. The number of anilines is 2. The van der Waals surface area contributed by atoms with Crippen molar-refractivity contribution in [2.24, 2.45) is 0 Å². The van der Waals surface area contributed by atoms with E-state index in [2.05, 4.69) is 25.6 Å². The van der Waals surface area contributed by atoms with Gasteiger partial charge in [-0.1, -0.05) is 0 Å². The van der Waals surface area contributed by atoms with Crippen molar-refractivity contribution in [3.63, 3.8) is 0 Å². The molecule has 3 aromatic heterocycles. The second-order valence-corrected chi connectivity index (χ2v) is 9.27. The van der Waals surface area contributed by atoms with Crippen molar-refractivity contribution in [3.05, 3.63) is 53.9 Å². The second-order valence-electron chi connectivity index (χ2n) is 9.27. The highest BCUT2D eigenvalue weighted by molar-refractivity contribution is 6.13. The Morgan fingerprint density at radius 3 is 2.49 bits per heavy atom. The molecular weight excluding hydrogens is 554 g/mol. The number of carbonyl (C=O) groups excluding carboxylic acids is 1. The van der Waals surface area contributed by atoms with Crippen LogP contribution in [0.15, 0.2) is 36.8 Å². The Kier molecular flexibility index (Phi) is 8.74. The molecule has 0 spiro atoms. The number of carboxylic acids is 1. The molecule has 41 heavy (non-hydrogen) atoms. The molecule has 1 atom stereocenters. The summed E-state index contributed by atoms with van der Waals surface area (Å²) in [4.78, 5) is 28.5. The molecule has 1 aromatic carbocycles. The molecule has 1 amide bonds. The number of aliphatic hydroxyl groups is 2. The summed E-state index contributed by atoms with van der Waals surface area (Å²) in [5.41, 5.74) is 2.90. The van der Waals surface area contributed by atoms with Gasteiger partial charge in [0, 0.05) is 61.9 Å². The topological polar surface area (TPSA) is 157 Å². The minimum absolute atomic E-state index is 0.0924. The maximum absolute atomic E-state index is 14.5. The molecule has 1 saturated heterocycles. The number of piperazine rings is 1. The highest BCUT2D eigenvalue weighted by Crippen LogP contribution is 2.30. The van der Waals surface area contributed by atoms with Gasteiger partial charge in [-0.15, -0.1) is 0 Å². The lowest BCUT2D eigenvalue weighted by molar-refractivity contribution is -0.192. The molecule has 4 heterocycles. The highest BCUT2D eigenvalue weighted by Gasteiger charge is 2.38. The first kappa shape index (κ1) is 29.7. The Hall–Kier alpha value is -4.28. The Bertz CT molecular complexity index is 1560. The van der Waals surface area contributed by atoms with Crippen LogP contribution in [-0.2, 0) is 11.3 Å². The number of alkyl halides is 3. The van der Waals surface area contributed by atoms with Gasteiger partial charge in [0.25, 0.3) is 5.91 Å². The van der Waals surface area contributed by atoms with Gasteiger partial charge >= 0.3 is 12.1 Å². The van der Waals surface area contributed by atoms with Crippen LogP contribution in [0.2, 0.25) is 0 Å². The number of aromatic nitrogens is 4. The van der Waals surface area contributed by atoms with Crippen molar-refractivity contribution in [1.29, 1.82) is 0 Å². The molecule has 1 aliphatic heterocycles. The van der Waals surface area contributed by atoms with Crippen LogP contribution in [0, 0.1) is 12.7 Å². The van der Waals surface area contributed by atoms with Gasteiger partial charge in [0.2, 0.25) is 0 Å². The van der Waals surface area contributed by atoms with E-state index in [0.717, 1.165) is 37.3 Å². The van der Waals surface area contributed by atoms with Crippen molar-refractivity contribution in [1.82, 2.24) is 24.5 Å². The third kappa shape index (κ3) is 6.90.